The zero-order valence-electron chi connectivity index (χ0n) is 14.4. The molecule has 130 valence electrons. The predicted octanol–water partition coefficient (Wildman–Crippen LogP) is 4.24. The van der Waals surface area contributed by atoms with Crippen LogP contribution < -0.4 is 5.32 Å². The van der Waals surface area contributed by atoms with Crippen LogP contribution in [0.3, 0.4) is 0 Å². The minimum Gasteiger partial charge on any atom is -0.465 e. The molecule has 0 aliphatic rings. The third kappa shape index (κ3) is 3.98. The van der Waals surface area contributed by atoms with Gasteiger partial charge in [0, 0.05) is 5.69 Å². The minimum absolute atomic E-state index is 0.131. The summed E-state index contributed by atoms with van der Waals surface area (Å²) in [6.45, 7) is 0. The van der Waals surface area contributed by atoms with Crippen molar-refractivity contribution in [3.05, 3.63) is 102 Å². The summed E-state index contributed by atoms with van der Waals surface area (Å²) in [6.07, 6.45) is 0. The van der Waals surface area contributed by atoms with Gasteiger partial charge in [-0.15, -0.1) is 0 Å². The van der Waals surface area contributed by atoms with Gasteiger partial charge in [-0.3, -0.25) is 4.79 Å². The second-order valence-corrected chi connectivity index (χ2v) is 5.81. The van der Waals surface area contributed by atoms with Crippen LogP contribution in [0.5, 0.6) is 0 Å². The van der Waals surface area contributed by atoms with Crippen molar-refractivity contribution in [2.24, 2.45) is 0 Å². The van der Waals surface area contributed by atoms with E-state index in [-0.39, 0.29) is 5.91 Å². The molecule has 3 rings (SSSR count). The predicted molar refractivity (Wildman–Crippen MR) is 101 cm³/mol. The van der Waals surface area contributed by atoms with Gasteiger partial charge in [-0.1, -0.05) is 60.7 Å². The highest BCUT2D eigenvalue weighted by Gasteiger charge is 2.22. The highest BCUT2D eigenvalue weighted by Crippen LogP contribution is 2.26. The van der Waals surface area contributed by atoms with Gasteiger partial charge in [-0.05, 0) is 35.4 Å². The van der Waals surface area contributed by atoms with Gasteiger partial charge in [0.25, 0.3) is 0 Å². The van der Waals surface area contributed by atoms with Gasteiger partial charge < -0.3 is 10.1 Å². The van der Waals surface area contributed by atoms with Crippen LogP contribution in [0, 0.1) is 0 Å². The number of anilines is 1. The van der Waals surface area contributed by atoms with E-state index in [1.165, 1.54) is 7.11 Å². The van der Waals surface area contributed by atoms with E-state index in [1.807, 2.05) is 60.7 Å². The molecule has 3 aromatic carbocycles. The van der Waals surface area contributed by atoms with Crippen molar-refractivity contribution in [3.8, 4) is 0 Å². The molecule has 0 saturated carbocycles. The molecule has 0 bridgehead atoms. The van der Waals surface area contributed by atoms with Crippen LogP contribution in [0.15, 0.2) is 84.9 Å². The molecule has 3 aromatic rings. The maximum absolute atomic E-state index is 13.0. The van der Waals surface area contributed by atoms with Crippen LogP contribution in [-0.2, 0) is 9.53 Å². The molecule has 26 heavy (non-hydrogen) atoms. The number of rotatable bonds is 5. The SMILES string of the molecule is COC(=O)c1ccc(NC(=O)C(c2ccccc2)c2ccccc2)cc1. The summed E-state index contributed by atoms with van der Waals surface area (Å²) in [5.74, 6) is -0.958. The smallest absolute Gasteiger partial charge is 0.337 e. The quantitative estimate of drug-likeness (QED) is 0.704. The van der Waals surface area contributed by atoms with E-state index in [0.29, 0.717) is 11.3 Å². The molecule has 0 unspecified atom stereocenters. The Morgan fingerprint density at radius 3 is 1.73 bits per heavy atom. The number of amides is 1. The van der Waals surface area contributed by atoms with E-state index in [2.05, 4.69) is 10.1 Å². The van der Waals surface area contributed by atoms with Gasteiger partial charge in [0.1, 0.15) is 0 Å². The lowest BCUT2D eigenvalue weighted by Crippen LogP contribution is -2.22. The first-order valence-corrected chi connectivity index (χ1v) is 8.28. The summed E-state index contributed by atoms with van der Waals surface area (Å²) < 4.78 is 4.68. The van der Waals surface area contributed by atoms with Gasteiger partial charge in [-0.25, -0.2) is 4.79 Å². The summed E-state index contributed by atoms with van der Waals surface area (Å²) in [5.41, 5.74) is 2.90. The molecule has 0 aromatic heterocycles. The number of hydrogen-bond acceptors (Lipinski definition) is 3. The lowest BCUT2D eigenvalue weighted by molar-refractivity contribution is -0.116. The number of hydrogen-bond donors (Lipinski definition) is 1. The molecule has 0 aliphatic carbocycles. The third-order valence-corrected chi connectivity index (χ3v) is 4.10. The summed E-state index contributed by atoms with van der Waals surface area (Å²) in [4.78, 5) is 24.5. The molecule has 4 heteroatoms. The standard InChI is InChI=1S/C22H19NO3/c1-26-22(25)18-12-14-19(15-13-18)23-21(24)20(16-8-4-2-5-9-16)17-10-6-3-7-11-17/h2-15,20H,1H3,(H,23,24). The van der Waals surface area contributed by atoms with E-state index in [0.717, 1.165) is 11.1 Å². The second kappa shape index (κ2) is 8.12. The van der Waals surface area contributed by atoms with Crippen LogP contribution in [0.25, 0.3) is 0 Å². The van der Waals surface area contributed by atoms with E-state index in [4.69, 9.17) is 0 Å². The molecule has 0 heterocycles. The molecule has 1 N–H and O–H groups in total. The third-order valence-electron chi connectivity index (χ3n) is 4.10. The lowest BCUT2D eigenvalue weighted by atomic mass is 9.90. The Morgan fingerprint density at radius 2 is 1.27 bits per heavy atom. The van der Waals surface area contributed by atoms with Crippen molar-refractivity contribution in [1.82, 2.24) is 0 Å². The zero-order valence-corrected chi connectivity index (χ0v) is 14.4. The summed E-state index contributed by atoms with van der Waals surface area (Å²) >= 11 is 0. The van der Waals surface area contributed by atoms with Crippen LogP contribution in [0.4, 0.5) is 5.69 Å². The Morgan fingerprint density at radius 1 is 0.769 bits per heavy atom. The van der Waals surface area contributed by atoms with E-state index in [9.17, 15) is 9.59 Å². The first-order valence-electron chi connectivity index (χ1n) is 8.28. The summed E-state index contributed by atoms with van der Waals surface area (Å²) in [5, 5.41) is 2.93. The molecule has 0 radical (unpaired) electrons. The largest absolute Gasteiger partial charge is 0.465 e. The number of benzene rings is 3. The first-order chi connectivity index (χ1) is 12.7. The Labute approximate surface area is 152 Å². The van der Waals surface area contributed by atoms with Gasteiger partial charge >= 0.3 is 5.97 Å². The number of carbonyl (C=O) groups excluding carboxylic acids is 2. The molecule has 0 aliphatic heterocycles. The molecule has 0 saturated heterocycles. The number of nitrogens with one attached hydrogen (secondary N) is 1. The fraction of sp³-hybridized carbons (Fsp3) is 0.0909. The van der Waals surface area contributed by atoms with E-state index >= 15 is 0 Å². The molecular formula is C22H19NO3. The number of carbonyl (C=O) groups is 2. The van der Waals surface area contributed by atoms with Crippen molar-refractivity contribution in [2.75, 3.05) is 12.4 Å². The molecule has 0 spiro atoms. The first kappa shape index (κ1) is 17.4. The fourth-order valence-electron chi connectivity index (χ4n) is 2.81. The highest BCUT2D eigenvalue weighted by molar-refractivity contribution is 5.98. The van der Waals surface area contributed by atoms with Crippen LogP contribution in [-0.4, -0.2) is 19.0 Å². The number of methoxy groups -OCH3 is 1. The Hall–Kier alpha value is -3.40. The molecule has 0 atom stereocenters. The Balaban J connectivity index is 1.85. The van der Waals surface area contributed by atoms with Crippen LogP contribution >= 0.6 is 0 Å². The van der Waals surface area contributed by atoms with Crippen molar-refractivity contribution in [2.45, 2.75) is 5.92 Å². The van der Waals surface area contributed by atoms with Gasteiger partial charge in [-0.2, -0.15) is 0 Å². The zero-order chi connectivity index (χ0) is 18.4. The monoisotopic (exact) mass is 345 g/mol. The average Bonchev–Trinajstić information content (AvgIpc) is 2.70. The van der Waals surface area contributed by atoms with Gasteiger partial charge in [0.2, 0.25) is 5.91 Å². The maximum atomic E-state index is 13.0. The van der Waals surface area contributed by atoms with Gasteiger partial charge in [0.05, 0.1) is 18.6 Å². The summed E-state index contributed by atoms with van der Waals surface area (Å²) in [7, 11) is 1.34. The topological polar surface area (TPSA) is 55.4 Å². The Bertz CT molecular complexity index is 835. The van der Waals surface area contributed by atoms with E-state index < -0.39 is 11.9 Å². The number of esters is 1. The molecule has 4 nitrogen and oxygen atoms in total. The normalized spacial score (nSPS) is 10.4. The molecular weight excluding hydrogens is 326 g/mol. The van der Waals surface area contributed by atoms with Crippen molar-refractivity contribution >= 4 is 17.6 Å². The molecule has 1 amide bonds. The maximum Gasteiger partial charge on any atom is 0.337 e. The van der Waals surface area contributed by atoms with Crippen LogP contribution in [0.1, 0.15) is 27.4 Å². The van der Waals surface area contributed by atoms with E-state index in [1.54, 1.807) is 24.3 Å². The van der Waals surface area contributed by atoms with Crippen molar-refractivity contribution < 1.29 is 14.3 Å². The minimum atomic E-state index is -0.419. The van der Waals surface area contributed by atoms with Crippen molar-refractivity contribution in [1.29, 1.82) is 0 Å². The lowest BCUT2D eigenvalue weighted by Gasteiger charge is -2.18. The highest BCUT2D eigenvalue weighted by atomic mass is 16.5. The van der Waals surface area contributed by atoms with Crippen LogP contribution in [0.2, 0.25) is 0 Å². The second-order valence-electron chi connectivity index (χ2n) is 5.81. The Kier molecular flexibility index (Phi) is 5.44. The molecule has 0 fully saturated rings. The van der Waals surface area contributed by atoms with Gasteiger partial charge in [0.15, 0.2) is 0 Å². The van der Waals surface area contributed by atoms with Crippen molar-refractivity contribution in [3.63, 3.8) is 0 Å². The summed E-state index contributed by atoms with van der Waals surface area (Å²) in [6, 6.07) is 25.9. The fourth-order valence-corrected chi connectivity index (χ4v) is 2.81. The number of ether oxygens (including phenoxy) is 1. The average molecular weight is 345 g/mol.